The van der Waals surface area contributed by atoms with E-state index in [1.165, 1.54) is 65.8 Å². The summed E-state index contributed by atoms with van der Waals surface area (Å²) in [6.07, 6.45) is 0. The van der Waals surface area contributed by atoms with Crippen molar-refractivity contribution in [3.63, 3.8) is 0 Å². The molecule has 470 valence electrons. The predicted octanol–water partition coefficient (Wildman–Crippen LogP) is 24.6. The van der Waals surface area contributed by atoms with E-state index in [9.17, 15) is 0 Å². The molecule has 0 radical (unpaired) electrons. The molecular weight excluding hydrogens is 1210 g/mol. The van der Waals surface area contributed by atoms with E-state index in [2.05, 4.69) is 382 Å². The van der Waals surface area contributed by atoms with Crippen molar-refractivity contribution >= 4 is 101 Å². The largest absolute Gasteiger partial charge is 0.455 e. The lowest BCUT2D eigenvalue weighted by Crippen LogP contribution is -2.61. The van der Waals surface area contributed by atoms with Crippen molar-refractivity contribution in [3.8, 4) is 89.0 Å². The highest BCUT2D eigenvalue weighted by atomic mass is 16.3. The summed E-state index contributed by atoms with van der Waals surface area (Å²) < 4.78 is 6.93. The summed E-state index contributed by atoms with van der Waals surface area (Å²) in [7, 11) is 0. The predicted molar refractivity (Wildman–Crippen MR) is 425 cm³/mol. The van der Waals surface area contributed by atoms with E-state index < -0.39 is 0 Å². The third-order valence-electron chi connectivity index (χ3n) is 21.0. The molecule has 3 nitrogen and oxygen atoms in total. The molecule has 0 amide bonds. The van der Waals surface area contributed by atoms with Gasteiger partial charge in [-0.15, -0.1) is 0 Å². The van der Waals surface area contributed by atoms with Gasteiger partial charge < -0.3 is 14.2 Å². The van der Waals surface area contributed by atoms with E-state index in [-0.39, 0.29) is 12.1 Å². The van der Waals surface area contributed by atoms with E-state index in [0.29, 0.717) is 0 Å². The summed E-state index contributed by atoms with van der Waals surface area (Å²) in [5, 5.41) is 7.10. The van der Waals surface area contributed by atoms with Crippen LogP contribution in [0.25, 0.3) is 132 Å². The van der Waals surface area contributed by atoms with E-state index in [0.717, 1.165) is 123 Å². The highest BCUT2D eigenvalue weighted by molar-refractivity contribution is 7.00. The SMILES string of the molecule is CC(C)(C)c1cc2c3c(c1)N(c1c(-c4ccccc4)cccc1-c1ccccc1)c1cc(-c4cccc5c4oc4ccccc45)ccc1B3c1ccc(-c3ccc4c(-c5ccccc5)c5ccccc5c(-c5ccccc5)c4c3)cc1N2c1c(-c2ccccc2)cccc1-c1ccccc1. The molecule has 0 spiro atoms. The minimum atomic E-state index is -0.313. The number of rotatable bonds is 10. The van der Waals surface area contributed by atoms with Crippen LogP contribution in [0.4, 0.5) is 34.1 Å². The van der Waals surface area contributed by atoms with Gasteiger partial charge in [-0.3, -0.25) is 0 Å². The van der Waals surface area contributed by atoms with Crippen molar-refractivity contribution in [3.05, 3.63) is 357 Å². The highest BCUT2D eigenvalue weighted by Gasteiger charge is 2.46. The van der Waals surface area contributed by atoms with Gasteiger partial charge in [0, 0.05) is 61.3 Å². The molecule has 3 heterocycles. The Morgan fingerprint density at radius 1 is 0.260 bits per heavy atom. The average molecular weight is 1280 g/mol. The fraction of sp³-hybridized carbons (Fsp3) is 0.0417. The molecular formula is C96H67BN2O. The van der Waals surface area contributed by atoms with Crippen LogP contribution in [0.3, 0.4) is 0 Å². The van der Waals surface area contributed by atoms with Gasteiger partial charge in [-0.1, -0.05) is 336 Å². The smallest absolute Gasteiger partial charge is 0.252 e. The van der Waals surface area contributed by atoms with Crippen LogP contribution in [0.5, 0.6) is 0 Å². The normalized spacial score (nSPS) is 12.5. The molecule has 100 heavy (non-hydrogen) atoms. The molecule has 4 heteroatoms. The number of fused-ring (bicyclic) bond motifs is 9. The topological polar surface area (TPSA) is 19.6 Å². The minimum absolute atomic E-state index is 0.226. The van der Waals surface area contributed by atoms with Gasteiger partial charge in [0.2, 0.25) is 0 Å². The minimum Gasteiger partial charge on any atom is -0.455 e. The van der Waals surface area contributed by atoms with Gasteiger partial charge in [0.25, 0.3) is 6.71 Å². The summed E-state index contributed by atoms with van der Waals surface area (Å²) in [4.78, 5) is 5.35. The van der Waals surface area contributed by atoms with Crippen molar-refractivity contribution in [2.45, 2.75) is 26.2 Å². The zero-order valence-electron chi connectivity index (χ0n) is 55.9. The number of anilines is 6. The zero-order chi connectivity index (χ0) is 66.6. The summed E-state index contributed by atoms with van der Waals surface area (Å²) in [6, 6.07) is 131. The fourth-order valence-corrected chi connectivity index (χ4v) is 16.4. The van der Waals surface area contributed by atoms with Gasteiger partial charge >= 0.3 is 0 Å². The Labute approximate surface area is 583 Å². The molecule has 16 aromatic carbocycles. The van der Waals surface area contributed by atoms with Crippen molar-refractivity contribution in [1.29, 1.82) is 0 Å². The van der Waals surface area contributed by atoms with Crippen molar-refractivity contribution in [1.82, 2.24) is 0 Å². The van der Waals surface area contributed by atoms with E-state index in [1.807, 2.05) is 0 Å². The molecule has 1 aromatic heterocycles. The molecule has 2 aliphatic heterocycles. The molecule has 0 saturated carbocycles. The van der Waals surface area contributed by atoms with Crippen LogP contribution in [0.1, 0.15) is 26.3 Å². The van der Waals surface area contributed by atoms with Gasteiger partial charge in [-0.05, 0) is 147 Å². The Bertz CT molecular complexity index is 5940. The quantitative estimate of drug-likeness (QED) is 0.100. The molecule has 0 aliphatic carbocycles. The maximum absolute atomic E-state index is 6.93. The Balaban J connectivity index is 0.948. The first kappa shape index (κ1) is 58.8. The van der Waals surface area contributed by atoms with Crippen LogP contribution in [-0.4, -0.2) is 6.71 Å². The van der Waals surface area contributed by atoms with Crippen molar-refractivity contribution in [2.24, 2.45) is 0 Å². The standard InChI is InChI=1S/C96H67BN2O/c1-96(2,3)71-60-87-92-88(61-71)99(94-74(64-33-14-6-15-34-64)46-27-47-75(94)65-35-16-7-17-36-65)86-59-70(76-48-28-49-81-77-41-24-25-50-89(77)100-95(76)81)53-56-84(86)97(92)83-55-52-69(58-85(83)98(87)93-72(62-29-10-4-11-30-62)44-26-45-73(93)63-31-12-5-13-32-63)68-51-54-80-82(57-68)91(67-39-20-9-21-40-67)79-43-23-22-42-78(79)90(80)66-37-18-8-19-38-66/h4-61H,1-3H3. The van der Waals surface area contributed by atoms with Crippen molar-refractivity contribution in [2.75, 3.05) is 9.80 Å². The van der Waals surface area contributed by atoms with E-state index >= 15 is 0 Å². The number of hydrogen-bond acceptors (Lipinski definition) is 3. The first-order chi connectivity index (χ1) is 49.3. The third-order valence-corrected chi connectivity index (χ3v) is 21.0. The van der Waals surface area contributed by atoms with Gasteiger partial charge in [0.15, 0.2) is 0 Å². The molecule has 0 atom stereocenters. The molecule has 2 aliphatic rings. The summed E-state index contributed by atoms with van der Waals surface area (Å²) in [6.45, 7) is 6.90. The van der Waals surface area contributed by atoms with E-state index in [1.54, 1.807) is 0 Å². The Hall–Kier alpha value is -12.5. The Morgan fingerprint density at radius 2 is 0.620 bits per heavy atom. The number of nitrogens with zero attached hydrogens (tertiary/aromatic N) is 2. The molecule has 0 fully saturated rings. The Morgan fingerprint density at radius 3 is 1.10 bits per heavy atom. The van der Waals surface area contributed by atoms with Gasteiger partial charge in [0.05, 0.1) is 11.4 Å². The Kier molecular flexibility index (Phi) is 13.9. The molecule has 0 bridgehead atoms. The lowest BCUT2D eigenvalue weighted by atomic mass is 9.33. The van der Waals surface area contributed by atoms with Crippen LogP contribution in [-0.2, 0) is 5.41 Å². The second-order valence-electron chi connectivity index (χ2n) is 27.8. The van der Waals surface area contributed by atoms with Crippen LogP contribution >= 0.6 is 0 Å². The van der Waals surface area contributed by atoms with Gasteiger partial charge in [-0.25, -0.2) is 0 Å². The van der Waals surface area contributed by atoms with Gasteiger partial charge in [0.1, 0.15) is 11.2 Å². The first-order valence-electron chi connectivity index (χ1n) is 34.8. The number of para-hydroxylation sites is 4. The highest BCUT2D eigenvalue weighted by Crippen LogP contribution is 2.55. The molecule has 17 aromatic rings. The van der Waals surface area contributed by atoms with Crippen LogP contribution in [0.2, 0.25) is 0 Å². The second kappa shape index (κ2) is 23.7. The summed E-state index contributed by atoms with van der Waals surface area (Å²) in [5.74, 6) is 0. The number of hydrogen-bond donors (Lipinski definition) is 0. The van der Waals surface area contributed by atoms with E-state index in [4.69, 9.17) is 4.42 Å². The summed E-state index contributed by atoms with van der Waals surface area (Å²) in [5.41, 5.74) is 31.5. The lowest BCUT2D eigenvalue weighted by Gasteiger charge is -2.46. The van der Waals surface area contributed by atoms with Crippen LogP contribution in [0.15, 0.2) is 356 Å². The van der Waals surface area contributed by atoms with Crippen LogP contribution < -0.4 is 26.2 Å². The van der Waals surface area contributed by atoms with Crippen LogP contribution in [0, 0.1) is 0 Å². The summed E-state index contributed by atoms with van der Waals surface area (Å²) >= 11 is 0. The first-order valence-corrected chi connectivity index (χ1v) is 34.8. The van der Waals surface area contributed by atoms with Gasteiger partial charge in [-0.2, -0.15) is 0 Å². The molecule has 0 unspecified atom stereocenters. The lowest BCUT2D eigenvalue weighted by molar-refractivity contribution is 0.590. The van der Waals surface area contributed by atoms with Crippen molar-refractivity contribution < 1.29 is 4.42 Å². The molecule has 0 saturated heterocycles. The third kappa shape index (κ3) is 9.58. The average Bonchev–Trinajstić information content (AvgIpc) is 0.779. The number of benzene rings is 16. The maximum Gasteiger partial charge on any atom is 0.252 e. The monoisotopic (exact) mass is 1270 g/mol. The zero-order valence-corrected chi connectivity index (χ0v) is 55.9. The second-order valence-corrected chi connectivity index (χ2v) is 27.8. The molecule has 0 N–H and O–H groups in total. The number of furan rings is 1. The molecule has 19 rings (SSSR count). The fourth-order valence-electron chi connectivity index (χ4n) is 16.4. The maximum atomic E-state index is 6.93.